The first-order chi connectivity index (χ1) is 11.6. The summed E-state index contributed by atoms with van der Waals surface area (Å²) in [6.45, 7) is 0.537. The second-order valence-corrected chi connectivity index (χ2v) is 6.19. The highest BCUT2D eigenvalue weighted by atomic mass is 16.6. The van der Waals surface area contributed by atoms with E-state index >= 15 is 0 Å². The number of hydrogen-bond acceptors (Lipinski definition) is 4. The van der Waals surface area contributed by atoms with E-state index in [4.69, 9.17) is 5.26 Å². The number of carbonyl (C=O) groups is 1. The summed E-state index contributed by atoms with van der Waals surface area (Å²) < 4.78 is 0. The molecule has 7 heteroatoms. The molecule has 7 nitrogen and oxygen atoms in total. The Bertz CT molecular complexity index is 828. The minimum absolute atomic E-state index is 0.0547. The second-order valence-electron chi connectivity index (χ2n) is 6.19. The minimum atomic E-state index is -0.555. The Balaban J connectivity index is 1.86. The molecule has 1 amide bonds. The third kappa shape index (κ3) is 3.08. The van der Waals surface area contributed by atoms with Gasteiger partial charge in [-0.05, 0) is 37.0 Å². The molecule has 1 fully saturated rings. The molecule has 1 aliphatic rings. The number of H-pyrrole nitrogens is 1. The Hall–Kier alpha value is -2.88. The number of nitrogens with zero attached hydrogens (tertiary/aromatic N) is 2. The van der Waals surface area contributed by atoms with Crippen molar-refractivity contribution < 1.29 is 9.72 Å². The molecule has 3 rings (SSSR count). The van der Waals surface area contributed by atoms with E-state index in [0.717, 1.165) is 12.8 Å². The van der Waals surface area contributed by atoms with Gasteiger partial charge in [0, 0.05) is 6.54 Å². The van der Waals surface area contributed by atoms with Crippen molar-refractivity contribution in [1.29, 1.82) is 5.26 Å². The number of fused-ring (bicyclic) bond motifs is 1. The zero-order chi connectivity index (χ0) is 17.1. The standard InChI is InChI=1S/C17H18N4O3/c18-9-12-6-7-13-14(8-12)20-15(16(13)21(23)24)17(22)19-10-11-4-2-1-3-5-11/h6-8,11,20H,1-5,10H2,(H,19,22). The maximum atomic E-state index is 12.4. The predicted octanol–water partition coefficient (Wildman–Crippen LogP) is 3.26. The third-order valence-corrected chi connectivity index (χ3v) is 4.59. The average Bonchev–Trinajstić information content (AvgIpc) is 2.99. The number of rotatable bonds is 4. The number of carbonyl (C=O) groups excluding carboxylic acids is 1. The molecule has 0 atom stereocenters. The van der Waals surface area contributed by atoms with Crippen LogP contribution in [0.2, 0.25) is 0 Å². The van der Waals surface area contributed by atoms with Crippen molar-refractivity contribution in [2.24, 2.45) is 5.92 Å². The number of amides is 1. The summed E-state index contributed by atoms with van der Waals surface area (Å²) in [5.74, 6) is -0.0293. The molecule has 0 radical (unpaired) electrons. The fraction of sp³-hybridized carbons (Fsp3) is 0.412. The quantitative estimate of drug-likeness (QED) is 0.663. The predicted molar refractivity (Wildman–Crippen MR) is 88.6 cm³/mol. The van der Waals surface area contributed by atoms with Gasteiger partial charge in [0.15, 0.2) is 5.69 Å². The topological polar surface area (TPSA) is 112 Å². The first-order valence-corrected chi connectivity index (χ1v) is 8.08. The van der Waals surface area contributed by atoms with Crippen LogP contribution in [0.15, 0.2) is 18.2 Å². The third-order valence-electron chi connectivity index (χ3n) is 4.59. The van der Waals surface area contributed by atoms with Crippen molar-refractivity contribution in [2.45, 2.75) is 32.1 Å². The summed E-state index contributed by atoms with van der Waals surface area (Å²) in [6.07, 6.45) is 5.74. The number of aromatic amines is 1. The summed E-state index contributed by atoms with van der Waals surface area (Å²) in [5.41, 5.74) is 0.507. The number of aromatic nitrogens is 1. The molecule has 124 valence electrons. The first-order valence-electron chi connectivity index (χ1n) is 8.08. The highest BCUT2D eigenvalue weighted by Gasteiger charge is 2.27. The van der Waals surface area contributed by atoms with Crippen LogP contribution in [-0.4, -0.2) is 22.4 Å². The summed E-state index contributed by atoms with van der Waals surface area (Å²) in [4.78, 5) is 26.1. The van der Waals surface area contributed by atoms with Crippen molar-refractivity contribution in [1.82, 2.24) is 10.3 Å². The molecule has 1 aliphatic carbocycles. The summed E-state index contributed by atoms with van der Waals surface area (Å²) >= 11 is 0. The van der Waals surface area contributed by atoms with Crippen LogP contribution in [0.4, 0.5) is 5.69 Å². The molecule has 2 aromatic rings. The van der Waals surface area contributed by atoms with E-state index in [2.05, 4.69) is 10.3 Å². The van der Waals surface area contributed by atoms with Gasteiger partial charge in [0.2, 0.25) is 0 Å². The van der Waals surface area contributed by atoms with E-state index in [0.29, 0.717) is 28.9 Å². The normalized spacial score (nSPS) is 15.1. The molecule has 0 unspecified atom stereocenters. The van der Waals surface area contributed by atoms with Gasteiger partial charge in [-0.25, -0.2) is 0 Å². The Kier molecular flexibility index (Phi) is 4.47. The van der Waals surface area contributed by atoms with Gasteiger partial charge in [0.25, 0.3) is 5.91 Å². The first kappa shape index (κ1) is 16.0. The number of hydrogen-bond donors (Lipinski definition) is 2. The lowest BCUT2D eigenvalue weighted by atomic mass is 9.89. The van der Waals surface area contributed by atoms with Crippen LogP contribution in [-0.2, 0) is 0 Å². The van der Waals surface area contributed by atoms with Crippen LogP contribution in [0, 0.1) is 27.4 Å². The van der Waals surface area contributed by atoms with Crippen LogP contribution in [0.1, 0.15) is 48.2 Å². The number of nitro groups is 1. The largest absolute Gasteiger partial charge is 0.350 e. The van der Waals surface area contributed by atoms with E-state index in [1.165, 1.54) is 37.5 Å². The Morgan fingerprint density at radius 2 is 2.12 bits per heavy atom. The molecule has 0 aliphatic heterocycles. The molecular formula is C17H18N4O3. The van der Waals surface area contributed by atoms with Crippen LogP contribution in [0.3, 0.4) is 0 Å². The summed E-state index contributed by atoms with van der Waals surface area (Å²) in [7, 11) is 0. The van der Waals surface area contributed by atoms with Crippen molar-refractivity contribution >= 4 is 22.5 Å². The van der Waals surface area contributed by atoms with Crippen molar-refractivity contribution in [3.63, 3.8) is 0 Å². The van der Waals surface area contributed by atoms with Gasteiger partial charge in [-0.1, -0.05) is 19.3 Å². The molecular weight excluding hydrogens is 308 g/mol. The molecule has 1 aromatic heterocycles. The fourth-order valence-electron chi connectivity index (χ4n) is 3.32. The van der Waals surface area contributed by atoms with Gasteiger partial charge in [0.05, 0.1) is 27.5 Å². The monoisotopic (exact) mass is 326 g/mol. The van der Waals surface area contributed by atoms with Crippen molar-refractivity contribution in [3.8, 4) is 6.07 Å². The van der Waals surface area contributed by atoms with Crippen molar-refractivity contribution in [3.05, 3.63) is 39.6 Å². The highest BCUT2D eigenvalue weighted by molar-refractivity contribution is 6.05. The highest BCUT2D eigenvalue weighted by Crippen LogP contribution is 2.30. The van der Waals surface area contributed by atoms with E-state index < -0.39 is 10.8 Å². The maximum Gasteiger partial charge on any atom is 0.307 e. The van der Waals surface area contributed by atoms with Crippen LogP contribution < -0.4 is 5.32 Å². The molecule has 24 heavy (non-hydrogen) atoms. The second kappa shape index (κ2) is 6.71. The Labute approximate surface area is 138 Å². The fourth-order valence-corrected chi connectivity index (χ4v) is 3.32. The summed E-state index contributed by atoms with van der Waals surface area (Å²) in [6, 6.07) is 6.51. The van der Waals surface area contributed by atoms with Gasteiger partial charge in [0.1, 0.15) is 0 Å². The van der Waals surface area contributed by atoms with Gasteiger partial charge in [-0.3, -0.25) is 14.9 Å². The van der Waals surface area contributed by atoms with Gasteiger partial charge < -0.3 is 10.3 Å². The average molecular weight is 326 g/mol. The lowest BCUT2D eigenvalue weighted by molar-refractivity contribution is -0.383. The number of benzene rings is 1. The SMILES string of the molecule is N#Cc1ccc2c([N+](=O)[O-])c(C(=O)NCC3CCCCC3)[nH]c2c1. The minimum Gasteiger partial charge on any atom is -0.350 e. The van der Waals surface area contributed by atoms with Gasteiger partial charge in [-0.2, -0.15) is 5.26 Å². The number of nitrogens with one attached hydrogen (secondary N) is 2. The van der Waals surface area contributed by atoms with E-state index in [1.807, 2.05) is 6.07 Å². The molecule has 0 saturated heterocycles. The summed E-state index contributed by atoms with van der Waals surface area (Å²) in [5, 5.41) is 23.5. The molecule has 1 saturated carbocycles. The zero-order valence-corrected chi connectivity index (χ0v) is 13.2. The van der Waals surface area contributed by atoms with E-state index in [1.54, 1.807) is 0 Å². The maximum absolute atomic E-state index is 12.4. The molecule has 2 N–H and O–H groups in total. The van der Waals surface area contributed by atoms with Crippen LogP contribution >= 0.6 is 0 Å². The van der Waals surface area contributed by atoms with Crippen LogP contribution in [0.5, 0.6) is 0 Å². The molecule has 0 bridgehead atoms. The number of nitriles is 1. The zero-order valence-electron chi connectivity index (χ0n) is 13.2. The van der Waals surface area contributed by atoms with Gasteiger partial charge in [-0.15, -0.1) is 0 Å². The lowest BCUT2D eigenvalue weighted by Crippen LogP contribution is -2.30. The van der Waals surface area contributed by atoms with Crippen molar-refractivity contribution in [2.75, 3.05) is 6.54 Å². The van der Waals surface area contributed by atoms with Crippen LogP contribution in [0.25, 0.3) is 10.9 Å². The van der Waals surface area contributed by atoms with E-state index in [-0.39, 0.29) is 11.4 Å². The Morgan fingerprint density at radius 1 is 1.38 bits per heavy atom. The van der Waals surface area contributed by atoms with E-state index in [9.17, 15) is 14.9 Å². The smallest absolute Gasteiger partial charge is 0.307 e. The molecule has 1 aromatic carbocycles. The Morgan fingerprint density at radius 3 is 2.79 bits per heavy atom. The molecule has 1 heterocycles. The molecule has 0 spiro atoms. The van der Waals surface area contributed by atoms with Gasteiger partial charge >= 0.3 is 5.69 Å². The lowest BCUT2D eigenvalue weighted by Gasteiger charge is -2.21.